The molecule has 1 aliphatic carbocycles. The molecular weight excluding hydrogens is 198 g/mol. The van der Waals surface area contributed by atoms with Crippen molar-refractivity contribution in [3.8, 4) is 6.07 Å². The van der Waals surface area contributed by atoms with Crippen LogP contribution >= 0.6 is 10.7 Å². The summed E-state index contributed by atoms with van der Waals surface area (Å²) in [6, 6.07) is 2.04. The van der Waals surface area contributed by atoms with Gasteiger partial charge in [0.15, 0.2) is 0 Å². The van der Waals surface area contributed by atoms with E-state index < -0.39 is 14.3 Å². The molecule has 0 amide bonds. The molecule has 1 rings (SSSR count). The number of halogens is 1. The fourth-order valence-electron chi connectivity index (χ4n) is 1.57. The van der Waals surface area contributed by atoms with E-state index in [-0.39, 0.29) is 5.41 Å². The van der Waals surface area contributed by atoms with E-state index >= 15 is 0 Å². The van der Waals surface area contributed by atoms with E-state index in [1.54, 1.807) is 0 Å². The highest BCUT2D eigenvalue weighted by atomic mass is 35.7. The van der Waals surface area contributed by atoms with Gasteiger partial charge in [-0.2, -0.15) is 5.26 Å². The minimum Gasteiger partial charge on any atom is -0.212 e. The molecule has 1 fully saturated rings. The van der Waals surface area contributed by atoms with Crippen molar-refractivity contribution >= 4 is 19.7 Å². The standard InChI is InChI=1S/C7H10ClNO2S/c1-7(2-3-9)4-6(5-7)12(8,10)11/h6H,2,4-5H2,1H3. The monoisotopic (exact) mass is 207 g/mol. The first-order valence-corrected chi connectivity index (χ1v) is 6.05. The van der Waals surface area contributed by atoms with Crippen LogP contribution in [0, 0.1) is 16.7 Å². The Kier molecular flexibility index (Phi) is 2.37. The van der Waals surface area contributed by atoms with Gasteiger partial charge in [0, 0.05) is 17.1 Å². The average Bonchev–Trinajstić information content (AvgIpc) is 1.81. The van der Waals surface area contributed by atoms with Gasteiger partial charge in [0.1, 0.15) is 0 Å². The summed E-state index contributed by atoms with van der Waals surface area (Å²) in [5.41, 5.74) is -0.124. The van der Waals surface area contributed by atoms with Gasteiger partial charge in [0.2, 0.25) is 9.05 Å². The zero-order valence-corrected chi connectivity index (χ0v) is 8.32. The van der Waals surface area contributed by atoms with Crippen LogP contribution in [0.1, 0.15) is 26.2 Å². The smallest absolute Gasteiger partial charge is 0.212 e. The Bertz CT molecular complexity index is 311. The van der Waals surface area contributed by atoms with E-state index in [1.807, 2.05) is 13.0 Å². The maximum atomic E-state index is 10.8. The van der Waals surface area contributed by atoms with E-state index in [2.05, 4.69) is 0 Å². The quantitative estimate of drug-likeness (QED) is 0.647. The first-order valence-electron chi connectivity index (χ1n) is 3.68. The largest absolute Gasteiger partial charge is 0.235 e. The van der Waals surface area contributed by atoms with Crippen molar-refractivity contribution in [2.45, 2.75) is 31.4 Å². The summed E-state index contributed by atoms with van der Waals surface area (Å²) in [7, 11) is 1.76. The van der Waals surface area contributed by atoms with Crippen LogP contribution < -0.4 is 0 Å². The molecule has 0 spiro atoms. The Morgan fingerprint density at radius 1 is 1.67 bits per heavy atom. The third-order valence-electron chi connectivity index (χ3n) is 2.34. The molecule has 68 valence electrons. The van der Waals surface area contributed by atoms with E-state index in [0.29, 0.717) is 19.3 Å². The maximum Gasteiger partial charge on any atom is 0.235 e. The molecule has 5 heteroatoms. The molecule has 0 aliphatic heterocycles. The van der Waals surface area contributed by atoms with Gasteiger partial charge in [0.25, 0.3) is 0 Å². The van der Waals surface area contributed by atoms with Gasteiger partial charge in [-0.05, 0) is 18.3 Å². The minimum absolute atomic E-state index is 0.124. The van der Waals surface area contributed by atoms with Crippen molar-refractivity contribution in [3.63, 3.8) is 0 Å². The second-order valence-corrected chi connectivity index (χ2v) is 6.56. The van der Waals surface area contributed by atoms with Gasteiger partial charge in [-0.15, -0.1) is 0 Å². The third-order valence-corrected chi connectivity index (χ3v) is 4.23. The van der Waals surface area contributed by atoms with Gasteiger partial charge in [-0.3, -0.25) is 0 Å². The zero-order chi connectivity index (χ0) is 9.41. The fraction of sp³-hybridized carbons (Fsp3) is 0.857. The van der Waals surface area contributed by atoms with Crippen LogP contribution in [-0.4, -0.2) is 13.7 Å². The van der Waals surface area contributed by atoms with Crippen LogP contribution in [0.15, 0.2) is 0 Å². The highest BCUT2D eigenvalue weighted by Gasteiger charge is 2.45. The van der Waals surface area contributed by atoms with Crippen LogP contribution in [0.5, 0.6) is 0 Å². The Morgan fingerprint density at radius 3 is 2.50 bits per heavy atom. The van der Waals surface area contributed by atoms with Crippen molar-refractivity contribution in [2.24, 2.45) is 5.41 Å². The van der Waals surface area contributed by atoms with Crippen LogP contribution in [-0.2, 0) is 9.05 Å². The minimum atomic E-state index is -3.39. The first kappa shape index (κ1) is 9.82. The second kappa shape index (κ2) is 2.90. The predicted molar refractivity (Wildman–Crippen MR) is 46.1 cm³/mol. The van der Waals surface area contributed by atoms with Crippen molar-refractivity contribution < 1.29 is 8.42 Å². The van der Waals surface area contributed by atoms with Gasteiger partial charge >= 0.3 is 0 Å². The number of nitriles is 1. The predicted octanol–water partition coefficient (Wildman–Crippen LogP) is 1.64. The Hall–Kier alpha value is -0.270. The summed E-state index contributed by atoms with van der Waals surface area (Å²) in [6.07, 6.45) is 1.45. The molecule has 12 heavy (non-hydrogen) atoms. The molecule has 3 nitrogen and oxygen atoms in total. The van der Waals surface area contributed by atoms with Crippen LogP contribution in [0.3, 0.4) is 0 Å². The molecule has 0 saturated heterocycles. The summed E-state index contributed by atoms with van der Waals surface area (Å²) in [5.74, 6) is 0. The molecule has 0 heterocycles. The second-order valence-electron chi connectivity index (χ2n) is 3.65. The highest BCUT2D eigenvalue weighted by Crippen LogP contribution is 2.47. The lowest BCUT2D eigenvalue weighted by atomic mass is 9.68. The average molecular weight is 208 g/mol. The lowest BCUT2D eigenvalue weighted by Crippen LogP contribution is -2.41. The summed E-state index contributed by atoms with van der Waals surface area (Å²) in [5, 5.41) is 7.99. The first-order chi connectivity index (χ1) is 5.37. The molecular formula is C7H10ClNO2S. The zero-order valence-electron chi connectivity index (χ0n) is 6.75. The van der Waals surface area contributed by atoms with Crippen molar-refractivity contribution in [3.05, 3.63) is 0 Å². The number of hydrogen-bond donors (Lipinski definition) is 0. The SMILES string of the molecule is CC1(CC#N)CC(S(=O)(=O)Cl)C1. The lowest BCUT2D eigenvalue weighted by molar-refractivity contribution is 0.173. The van der Waals surface area contributed by atoms with Gasteiger partial charge < -0.3 is 0 Å². The van der Waals surface area contributed by atoms with Gasteiger partial charge in [0.05, 0.1) is 11.3 Å². The molecule has 0 radical (unpaired) electrons. The summed E-state index contributed by atoms with van der Waals surface area (Å²) < 4.78 is 21.6. The number of hydrogen-bond acceptors (Lipinski definition) is 3. The summed E-state index contributed by atoms with van der Waals surface area (Å²) >= 11 is 0. The van der Waals surface area contributed by atoms with E-state index in [1.165, 1.54) is 0 Å². The Labute approximate surface area is 76.7 Å². The molecule has 0 aromatic carbocycles. The highest BCUT2D eigenvalue weighted by molar-refractivity contribution is 8.14. The Morgan fingerprint density at radius 2 is 2.17 bits per heavy atom. The Balaban J connectivity index is 2.54. The number of rotatable bonds is 2. The van der Waals surface area contributed by atoms with Crippen LogP contribution in [0.2, 0.25) is 0 Å². The van der Waals surface area contributed by atoms with Crippen molar-refractivity contribution in [2.75, 3.05) is 0 Å². The maximum absolute atomic E-state index is 10.8. The fourth-order valence-corrected chi connectivity index (χ4v) is 3.15. The van der Waals surface area contributed by atoms with E-state index in [0.717, 1.165) is 0 Å². The molecule has 1 aliphatic rings. The third kappa shape index (κ3) is 1.90. The number of nitrogens with zero attached hydrogens (tertiary/aromatic N) is 1. The van der Waals surface area contributed by atoms with E-state index in [9.17, 15) is 8.42 Å². The topological polar surface area (TPSA) is 57.9 Å². The summed E-state index contributed by atoms with van der Waals surface area (Å²) in [6.45, 7) is 1.91. The molecule has 1 saturated carbocycles. The lowest BCUT2D eigenvalue weighted by Gasteiger charge is -2.41. The normalized spacial score (nSPS) is 35.2. The van der Waals surface area contributed by atoms with Crippen molar-refractivity contribution in [1.29, 1.82) is 5.26 Å². The summed E-state index contributed by atoms with van der Waals surface area (Å²) in [4.78, 5) is 0. The van der Waals surface area contributed by atoms with E-state index in [4.69, 9.17) is 15.9 Å². The van der Waals surface area contributed by atoms with Gasteiger partial charge in [-0.25, -0.2) is 8.42 Å². The van der Waals surface area contributed by atoms with Crippen LogP contribution in [0.4, 0.5) is 0 Å². The molecule has 0 aromatic rings. The molecule has 0 atom stereocenters. The molecule has 0 bridgehead atoms. The molecule has 0 aromatic heterocycles. The van der Waals surface area contributed by atoms with Crippen LogP contribution in [0.25, 0.3) is 0 Å². The molecule has 0 N–H and O–H groups in total. The molecule has 0 unspecified atom stereocenters. The van der Waals surface area contributed by atoms with Gasteiger partial charge in [-0.1, -0.05) is 6.92 Å². The van der Waals surface area contributed by atoms with Crippen molar-refractivity contribution in [1.82, 2.24) is 0 Å².